The molecule has 1 aromatic carbocycles. The molecule has 6 heteroatoms. The van der Waals surface area contributed by atoms with Crippen molar-refractivity contribution >= 4 is 55.5 Å². The number of rotatable bonds is 1. The topological polar surface area (TPSA) is 56.7 Å². The summed E-state index contributed by atoms with van der Waals surface area (Å²) in [4.78, 5) is 8.38. The van der Waals surface area contributed by atoms with Gasteiger partial charge in [0.05, 0.1) is 17.4 Å². The second-order valence-electron chi connectivity index (χ2n) is 3.77. The summed E-state index contributed by atoms with van der Waals surface area (Å²) < 4.78 is 4.05. The second kappa shape index (κ2) is 4.51. The molecule has 0 aliphatic rings. The number of imidazole rings is 1. The number of pyridine rings is 1. The van der Waals surface area contributed by atoms with E-state index in [9.17, 15) is 0 Å². The highest BCUT2D eigenvalue weighted by atomic mass is 127. The average Bonchev–Trinajstić information content (AvgIpc) is 2.68. The van der Waals surface area contributed by atoms with Gasteiger partial charge in [-0.05, 0) is 46.9 Å². The first-order valence-corrected chi connectivity index (χ1v) is 7.07. The first kappa shape index (κ1) is 11.9. The first-order chi connectivity index (χ1) is 8.66. The Morgan fingerprint density at radius 2 is 2.11 bits per heavy atom. The van der Waals surface area contributed by atoms with Gasteiger partial charge in [-0.15, -0.1) is 0 Å². The van der Waals surface area contributed by atoms with Crippen LogP contribution in [0.4, 0.5) is 5.95 Å². The van der Waals surface area contributed by atoms with E-state index in [2.05, 4.69) is 48.5 Å². The first-order valence-electron chi connectivity index (χ1n) is 5.20. The number of hydrogen-bond donors (Lipinski definition) is 1. The number of aromatic nitrogens is 3. The van der Waals surface area contributed by atoms with Crippen molar-refractivity contribution < 1.29 is 0 Å². The van der Waals surface area contributed by atoms with E-state index in [1.54, 1.807) is 12.4 Å². The standard InChI is InChI=1S/C12H8BrIN4/c13-7-1-2-8(14)11(5-7)18-10-3-4-16-6-9(10)17-12(18)15/h1-6H,(H2,15,17). The van der Waals surface area contributed by atoms with Gasteiger partial charge < -0.3 is 5.73 Å². The predicted molar refractivity (Wildman–Crippen MR) is 83.7 cm³/mol. The van der Waals surface area contributed by atoms with Crippen LogP contribution in [0.3, 0.4) is 0 Å². The Morgan fingerprint density at radius 1 is 1.28 bits per heavy atom. The van der Waals surface area contributed by atoms with Crippen LogP contribution in [0.2, 0.25) is 0 Å². The largest absolute Gasteiger partial charge is 0.369 e. The number of benzene rings is 1. The fourth-order valence-electron chi connectivity index (χ4n) is 1.86. The minimum atomic E-state index is 0.467. The Kier molecular flexibility index (Phi) is 2.98. The quantitative estimate of drug-likeness (QED) is 0.621. The van der Waals surface area contributed by atoms with E-state index in [0.29, 0.717) is 5.95 Å². The fraction of sp³-hybridized carbons (Fsp3) is 0. The molecule has 0 unspecified atom stereocenters. The minimum Gasteiger partial charge on any atom is -0.369 e. The average molecular weight is 415 g/mol. The number of nitrogens with zero attached hydrogens (tertiary/aromatic N) is 3. The van der Waals surface area contributed by atoms with Gasteiger partial charge in [-0.2, -0.15) is 0 Å². The summed E-state index contributed by atoms with van der Waals surface area (Å²) in [5.74, 6) is 0.467. The summed E-state index contributed by atoms with van der Waals surface area (Å²) in [6.07, 6.45) is 3.46. The third-order valence-electron chi connectivity index (χ3n) is 2.63. The molecule has 0 amide bonds. The van der Waals surface area contributed by atoms with Crippen LogP contribution in [0, 0.1) is 3.57 Å². The van der Waals surface area contributed by atoms with Crippen molar-refractivity contribution in [2.45, 2.75) is 0 Å². The summed E-state index contributed by atoms with van der Waals surface area (Å²) in [6, 6.07) is 7.98. The highest BCUT2D eigenvalue weighted by molar-refractivity contribution is 14.1. The molecule has 0 spiro atoms. The summed E-state index contributed by atoms with van der Waals surface area (Å²) >= 11 is 5.77. The van der Waals surface area contributed by atoms with E-state index in [-0.39, 0.29) is 0 Å². The molecule has 3 aromatic rings. The summed E-state index contributed by atoms with van der Waals surface area (Å²) in [7, 11) is 0. The van der Waals surface area contributed by atoms with Crippen molar-refractivity contribution in [3.8, 4) is 5.69 Å². The normalized spacial score (nSPS) is 11.0. The molecule has 0 saturated carbocycles. The minimum absolute atomic E-state index is 0.467. The van der Waals surface area contributed by atoms with E-state index in [1.807, 2.05) is 28.8 Å². The number of hydrogen-bond acceptors (Lipinski definition) is 3. The number of nitrogen functional groups attached to an aromatic ring is 1. The molecule has 2 aromatic heterocycles. The predicted octanol–water partition coefficient (Wildman–Crippen LogP) is 3.37. The van der Waals surface area contributed by atoms with Crippen LogP contribution in [-0.2, 0) is 0 Å². The van der Waals surface area contributed by atoms with Crippen LogP contribution < -0.4 is 5.73 Å². The molecule has 3 rings (SSSR count). The van der Waals surface area contributed by atoms with Gasteiger partial charge in [0.15, 0.2) is 0 Å². The summed E-state index contributed by atoms with van der Waals surface area (Å²) in [5, 5.41) is 0. The number of anilines is 1. The molecule has 0 radical (unpaired) electrons. The van der Waals surface area contributed by atoms with Crippen molar-refractivity contribution in [3.05, 3.63) is 44.7 Å². The Bertz CT molecular complexity index is 738. The molecule has 4 nitrogen and oxygen atoms in total. The Balaban J connectivity index is 2.37. The van der Waals surface area contributed by atoms with Crippen molar-refractivity contribution in [2.75, 3.05) is 5.73 Å². The second-order valence-corrected chi connectivity index (χ2v) is 5.84. The van der Waals surface area contributed by atoms with Crippen molar-refractivity contribution in [1.82, 2.24) is 14.5 Å². The van der Waals surface area contributed by atoms with Gasteiger partial charge in [0.2, 0.25) is 5.95 Å². The molecule has 0 saturated heterocycles. The van der Waals surface area contributed by atoms with Gasteiger partial charge in [-0.1, -0.05) is 15.9 Å². The summed E-state index contributed by atoms with van der Waals surface area (Å²) in [6.45, 7) is 0. The highest BCUT2D eigenvalue weighted by Crippen LogP contribution is 2.28. The van der Waals surface area contributed by atoms with Crippen LogP contribution in [0.25, 0.3) is 16.7 Å². The zero-order chi connectivity index (χ0) is 12.7. The maximum absolute atomic E-state index is 6.01. The van der Waals surface area contributed by atoms with E-state index < -0.39 is 0 Å². The van der Waals surface area contributed by atoms with Crippen molar-refractivity contribution in [3.63, 3.8) is 0 Å². The van der Waals surface area contributed by atoms with Gasteiger partial charge in [-0.25, -0.2) is 4.98 Å². The van der Waals surface area contributed by atoms with E-state index in [1.165, 1.54) is 0 Å². The third-order valence-corrected chi connectivity index (χ3v) is 4.04. The molecule has 0 fully saturated rings. The zero-order valence-electron chi connectivity index (χ0n) is 9.14. The monoisotopic (exact) mass is 414 g/mol. The molecule has 90 valence electrons. The lowest BCUT2D eigenvalue weighted by Crippen LogP contribution is -2.02. The van der Waals surface area contributed by atoms with Crippen molar-refractivity contribution in [2.24, 2.45) is 0 Å². The molecule has 0 bridgehead atoms. The van der Waals surface area contributed by atoms with E-state index in [0.717, 1.165) is 24.8 Å². The zero-order valence-corrected chi connectivity index (χ0v) is 12.9. The molecule has 18 heavy (non-hydrogen) atoms. The van der Waals surface area contributed by atoms with Crippen LogP contribution in [0.1, 0.15) is 0 Å². The number of halogens is 2. The SMILES string of the molecule is Nc1nc2cnccc2n1-c1cc(Br)ccc1I. The Labute approximate surface area is 125 Å². The fourth-order valence-corrected chi connectivity index (χ4v) is 2.79. The van der Waals surface area contributed by atoms with Crippen molar-refractivity contribution in [1.29, 1.82) is 0 Å². The number of nitrogens with two attached hydrogens (primary N) is 1. The molecule has 0 aliphatic carbocycles. The third kappa shape index (κ3) is 1.89. The molecule has 0 atom stereocenters. The van der Waals surface area contributed by atoms with Gasteiger partial charge in [0.1, 0.15) is 5.52 Å². The highest BCUT2D eigenvalue weighted by Gasteiger charge is 2.12. The smallest absolute Gasteiger partial charge is 0.206 e. The molecule has 0 aliphatic heterocycles. The van der Waals surface area contributed by atoms with Gasteiger partial charge in [0.25, 0.3) is 0 Å². The Morgan fingerprint density at radius 3 is 2.94 bits per heavy atom. The number of fused-ring (bicyclic) bond motifs is 1. The maximum Gasteiger partial charge on any atom is 0.206 e. The lowest BCUT2D eigenvalue weighted by molar-refractivity contribution is 1.10. The maximum atomic E-state index is 6.01. The molecular formula is C12H8BrIN4. The van der Waals surface area contributed by atoms with Crippen LogP contribution >= 0.6 is 38.5 Å². The molecule has 2 heterocycles. The lowest BCUT2D eigenvalue weighted by atomic mass is 10.3. The van der Waals surface area contributed by atoms with Gasteiger partial charge in [0, 0.05) is 14.2 Å². The van der Waals surface area contributed by atoms with E-state index >= 15 is 0 Å². The molecule has 2 N–H and O–H groups in total. The van der Waals surface area contributed by atoms with Crippen LogP contribution in [0.15, 0.2) is 41.1 Å². The van der Waals surface area contributed by atoms with Gasteiger partial charge in [-0.3, -0.25) is 9.55 Å². The molecular weight excluding hydrogens is 407 g/mol. The van der Waals surface area contributed by atoms with Crippen LogP contribution in [0.5, 0.6) is 0 Å². The Hall–Kier alpha value is -1.15. The van der Waals surface area contributed by atoms with E-state index in [4.69, 9.17) is 5.73 Å². The van der Waals surface area contributed by atoms with Gasteiger partial charge >= 0.3 is 0 Å². The summed E-state index contributed by atoms with van der Waals surface area (Å²) in [5.41, 5.74) is 8.77. The van der Waals surface area contributed by atoms with Crippen LogP contribution in [-0.4, -0.2) is 14.5 Å². The lowest BCUT2D eigenvalue weighted by Gasteiger charge is -2.09.